The van der Waals surface area contributed by atoms with Crippen LogP contribution in [0.5, 0.6) is 0 Å². The molecule has 3 rings (SSSR count). The van der Waals surface area contributed by atoms with Gasteiger partial charge in [-0.2, -0.15) is 10.2 Å². The molecule has 2 aliphatic rings. The molecule has 6 nitrogen and oxygen atoms in total. The zero-order chi connectivity index (χ0) is 15.9. The quantitative estimate of drug-likeness (QED) is 0.918. The van der Waals surface area contributed by atoms with Gasteiger partial charge in [0.2, 0.25) is 0 Å². The van der Waals surface area contributed by atoms with Crippen LogP contribution in [0.2, 0.25) is 0 Å². The number of carbonyl (C=O) groups is 2. The van der Waals surface area contributed by atoms with Crippen molar-refractivity contribution in [3.8, 4) is 0 Å². The number of hydrogen-bond acceptors (Lipinski definition) is 4. The van der Waals surface area contributed by atoms with Crippen LogP contribution in [0.1, 0.15) is 47.9 Å². The number of aromatic nitrogens is 2. The number of carbonyl (C=O) groups excluding carboxylic acids is 1. The molecule has 0 unspecified atom stereocenters. The second kappa shape index (κ2) is 5.34. The molecular weight excluding hydrogens is 282 g/mol. The van der Waals surface area contributed by atoms with Gasteiger partial charge in [0.1, 0.15) is 0 Å². The smallest absolute Gasteiger partial charge is 0.311 e. The molecule has 0 radical (unpaired) electrons. The highest BCUT2D eigenvalue weighted by Gasteiger charge is 2.55. The average Bonchev–Trinajstić information content (AvgIpc) is 3.04. The minimum absolute atomic E-state index is 0.0786. The van der Waals surface area contributed by atoms with E-state index in [9.17, 15) is 14.7 Å². The molecule has 0 aromatic carbocycles. The van der Waals surface area contributed by atoms with Gasteiger partial charge in [-0.3, -0.25) is 9.59 Å². The number of likely N-dealkylation sites (tertiary alicyclic amines) is 1. The summed E-state index contributed by atoms with van der Waals surface area (Å²) < 4.78 is 0. The summed E-state index contributed by atoms with van der Waals surface area (Å²) in [5.74, 6) is -0.787. The number of nitrogens with zero attached hydrogens (tertiary/aromatic N) is 3. The lowest BCUT2D eigenvalue weighted by atomic mass is 9.81. The molecule has 1 N–H and O–H groups in total. The van der Waals surface area contributed by atoms with E-state index < -0.39 is 11.4 Å². The van der Waals surface area contributed by atoms with E-state index in [0.29, 0.717) is 42.9 Å². The Morgan fingerprint density at radius 3 is 2.86 bits per heavy atom. The van der Waals surface area contributed by atoms with Crippen LogP contribution in [0.25, 0.3) is 0 Å². The summed E-state index contributed by atoms with van der Waals surface area (Å²) in [5.41, 5.74) is 1.21. The van der Waals surface area contributed by atoms with Crippen LogP contribution in [0.3, 0.4) is 0 Å². The number of aryl methyl sites for hydroxylation is 2. The molecule has 2 fully saturated rings. The van der Waals surface area contributed by atoms with Gasteiger partial charge in [-0.05, 0) is 38.2 Å². The van der Waals surface area contributed by atoms with Crippen molar-refractivity contribution >= 4 is 11.9 Å². The van der Waals surface area contributed by atoms with Gasteiger partial charge >= 0.3 is 5.97 Å². The fourth-order valence-electron chi connectivity index (χ4n) is 3.92. The minimum atomic E-state index is -0.759. The van der Waals surface area contributed by atoms with Crippen molar-refractivity contribution < 1.29 is 14.7 Å². The predicted octanol–water partition coefficient (Wildman–Crippen LogP) is 1.67. The number of rotatable bonds is 3. The largest absolute Gasteiger partial charge is 0.481 e. The Bertz CT molecular complexity index is 631. The van der Waals surface area contributed by atoms with Crippen molar-refractivity contribution in [1.82, 2.24) is 15.1 Å². The van der Waals surface area contributed by atoms with E-state index in [-0.39, 0.29) is 11.8 Å². The van der Waals surface area contributed by atoms with Crippen LogP contribution < -0.4 is 0 Å². The molecule has 1 amide bonds. The van der Waals surface area contributed by atoms with E-state index in [4.69, 9.17) is 0 Å². The van der Waals surface area contributed by atoms with Crippen LogP contribution in [-0.2, 0) is 11.2 Å². The molecule has 1 aromatic rings. The van der Waals surface area contributed by atoms with Gasteiger partial charge in [-0.25, -0.2) is 0 Å². The molecule has 1 aliphatic carbocycles. The standard InChI is InChI=1S/C16H21N3O3/c1-3-13-12(7-10(2)17-18-13)14(20)19-8-11-5-4-6-16(11,9-19)15(21)22/h7,11H,3-6,8-9H2,1-2H3,(H,21,22)/t11-,16+/m0/s1. The number of fused-ring (bicyclic) bond motifs is 1. The van der Waals surface area contributed by atoms with Crippen LogP contribution in [0.15, 0.2) is 6.07 Å². The molecule has 1 aliphatic heterocycles. The minimum Gasteiger partial charge on any atom is -0.481 e. The molecule has 1 aromatic heterocycles. The predicted molar refractivity (Wildman–Crippen MR) is 79.5 cm³/mol. The van der Waals surface area contributed by atoms with E-state index >= 15 is 0 Å². The maximum atomic E-state index is 12.8. The van der Waals surface area contributed by atoms with Crippen molar-refractivity contribution in [2.24, 2.45) is 11.3 Å². The third-order valence-electron chi connectivity index (χ3n) is 5.14. The lowest BCUT2D eigenvalue weighted by Gasteiger charge is -2.23. The van der Waals surface area contributed by atoms with Crippen LogP contribution >= 0.6 is 0 Å². The zero-order valence-electron chi connectivity index (χ0n) is 13.0. The van der Waals surface area contributed by atoms with Gasteiger partial charge in [-0.15, -0.1) is 0 Å². The first-order chi connectivity index (χ1) is 10.5. The van der Waals surface area contributed by atoms with Crippen molar-refractivity contribution in [2.45, 2.75) is 39.5 Å². The van der Waals surface area contributed by atoms with E-state index in [1.54, 1.807) is 17.9 Å². The summed E-state index contributed by atoms with van der Waals surface area (Å²) in [6.07, 6.45) is 3.14. The highest BCUT2D eigenvalue weighted by molar-refractivity contribution is 5.96. The number of aliphatic carboxylic acids is 1. The lowest BCUT2D eigenvalue weighted by Crippen LogP contribution is -2.37. The first-order valence-corrected chi connectivity index (χ1v) is 7.84. The summed E-state index contributed by atoms with van der Waals surface area (Å²) in [6, 6.07) is 1.76. The molecule has 1 saturated carbocycles. The molecular formula is C16H21N3O3. The summed E-state index contributed by atoms with van der Waals surface area (Å²) in [6.45, 7) is 4.60. The van der Waals surface area contributed by atoms with Gasteiger partial charge in [0.05, 0.1) is 22.4 Å². The van der Waals surface area contributed by atoms with Gasteiger partial charge in [0.15, 0.2) is 0 Å². The molecule has 6 heteroatoms. The van der Waals surface area contributed by atoms with E-state index in [1.165, 1.54) is 0 Å². The van der Waals surface area contributed by atoms with Crippen molar-refractivity contribution in [2.75, 3.05) is 13.1 Å². The highest BCUT2D eigenvalue weighted by Crippen LogP contribution is 2.49. The second-order valence-electron chi connectivity index (χ2n) is 6.44. The third-order valence-corrected chi connectivity index (χ3v) is 5.14. The molecule has 2 heterocycles. The number of carboxylic acids is 1. The molecule has 118 valence electrons. The van der Waals surface area contributed by atoms with Gasteiger partial charge < -0.3 is 10.0 Å². The SMILES string of the molecule is CCc1nnc(C)cc1C(=O)N1C[C@@H]2CCC[C@@]2(C(=O)O)C1. The second-order valence-corrected chi connectivity index (χ2v) is 6.44. The summed E-state index contributed by atoms with van der Waals surface area (Å²) in [4.78, 5) is 26.3. The van der Waals surface area contributed by atoms with Crippen molar-refractivity contribution in [1.29, 1.82) is 0 Å². The molecule has 1 saturated heterocycles. The van der Waals surface area contributed by atoms with E-state index in [0.717, 1.165) is 12.8 Å². The van der Waals surface area contributed by atoms with Crippen LogP contribution in [-0.4, -0.2) is 45.2 Å². The van der Waals surface area contributed by atoms with Gasteiger partial charge in [0, 0.05) is 13.1 Å². The fourth-order valence-corrected chi connectivity index (χ4v) is 3.92. The van der Waals surface area contributed by atoms with Crippen molar-refractivity contribution in [3.63, 3.8) is 0 Å². The summed E-state index contributed by atoms with van der Waals surface area (Å²) in [7, 11) is 0. The summed E-state index contributed by atoms with van der Waals surface area (Å²) >= 11 is 0. The maximum Gasteiger partial charge on any atom is 0.311 e. The maximum absolute atomic E-state index is 12.8. The Kier molecular flexibility index (Phi) is 3.62. The lowest BCUT2D eigenvalue weighted by molar-refractivity contribution is -0.149. The Balaban J connectivity index is 1.89. The Hall–Kier alpha value is -1.98. The van der Waals surface area contributed by atoms with Crippen molar-refractivity contribution in [3.05, 3.63) is 23.0 Å². The van der Waals surface area contributed by atoms with E-state index in [2.05, 4.69) is 10.2 Å². The van der Waals surface area contributed by atoms with E-state index in [1.807, 2.05) is 6.92 Å². The molecule has 2 atom stereocenters. The first kappa shape index (κ1) is 14.9. The van der Waals surface area contributed by atoms with Crippen LogP contribution in [0, 0.1) is 18.3 Å². The Labute approximate surface area is 129 Å². The highest BCUT2D eigenvalue weighted by atomic mass is 16.4. The van der Waals surface area contributed by atoms with Crippen LogP contribution in [0.4, 0.5) is 0 Å². The Morgan fingerprint density at radius 2 is 2.23 bits per heavy atom. The molecule has 0 bridgehead atoms. The number of carboxylic acid groups (broad SMARTS) is 1. The topological polar surface area (TPSA) is 83.4 Å². The summed E-state index contributed by atoms with van der Waals surface area (Å²) in [5, 5.41) is 17.7. The zero-order valence-corrected chi connectivity index (χ0v) is 13.0. The average molecular weight is 303 g/mol. The van der Waals surface area contributed by atoms with Gasteiger partial charge in [0.25, 0.3) is 5.91 Å². The fraction of sp³-hybridized carbons (Fsp3) is 0.625. The molecule has 0 spiro atoms. The third kappa shape index (κ3) is 2.17. The number of amides is 1. The monoisotopic (exact) mass is 303 g/mol. The Morgan fingerprint density at radius 1 is 1.45 bits per heavy atom. The molecule has 22 heavy (non-hydrogen) atoms. The van der Waals surface area contributed by atoms with Gasteiger partial charge in [-0.1, -0.05) is 13.3 Å². The normalized spacial score (nSPS) is 27.0. The first-order valence-electron chi connectivity index (χ1n) is 7.84. The number of hydrogen-bond donors (Lipinski definition) is 1.